The number of pyridine rings is 1. The Kier molecular flexibility index (Phi) is 6.28. The SMILES string of the molecule is C[C@@H](Oc1cc(Cl)cnc1N)c1cccc(NC(=O)c2cccc(S(C)(=O)=O)c2)c1. The van der Waals surface area contributed by atoms with Gasteiger partial charge in [-0.25, -0.2) is 13.4 Å². The number of halogens is 1. The average molecular weight is 446 g/mol. The van der Waals surface area contributed by atoms with Crippen LogP contribution in [0.3, 0.4) is 0 Å². The van der Waals surface area contributed by atoms with Gasteiger partial charge in [-0.2, -0.15) is 0 Å². The van der Waals surface area contributed by atoms with Crippen molar-refractivity contribution in [1.82, 2.24) is 4.98 Å². The highest BCUT2D eigenvalue weighted by Crippen LogP contribution is 2.29. The maximum absolute atomic E-state index is 12.6. The number of nitrogens with one attached hydrogen (secondary N) is 1. The second-order valence-corrected chi connectivity index (χ2v) is 9.13. The summed E-state index contributed by atoms with van der Waals surface area (Å²) < 4.78 is 29.3. The summed E-state index contributed by atoms with van der Waals surface area (Å²) in [4.78, 5) is 16.6. The minimum absolute atomic E-state index is 0.0821. The molecule has 3 N–H and O–H groups in total. The largest absolute Gasteiger partial charge is 0.482 e. The molecule has 3 aromatic rings. The third kappa shape index (κ3) is 5.28. The summed E-state index contributed by atoms with van der Waals surface area (Å²) >= 11 is 5.94. The quantitative estimate of drug-likeness (QED) is 0.590. The van der Waals surface area contributed by atoms with Crippen molar-refractivity contribution >= 4 is 38.9 Å². The Morgan fingerprint density at radius 2 is 1.90 bits per heavy atom. The van der Waals surface area contributed by atoms with Crippen LogP contribution in [0, 0.1) is 0 Å². The third-order valence-corrected chi connectivity index (χ3v) is 5.61. The van der Waals surface area contributed by atoms with Crippen LogP contribution in [0.4, 0.5) is 11.5 Å². The lowest BCUT2D eigenvalue weighted by molar-refractivity contribution is 0.102. The highest BCUT2D eigenvalue weighted by molar-refractivity contribution is 7.90. The molecule has 0 radical (unpaired) electrons. The number of carbonyl (C=O) groups excluding carboxylic acids is 1. The van der Waals surface area contributed by atoms with E-state index < -0.39 is 21.8 Å². The van der Waals surface area contributed by atoms with Gasteiger partial charge in [-0.15, -0.1) is 0 Å². The summed E-state index contributed by atoms with van der Waals surface area (Å²) in [5.74, 6) is 0.165. The number of aromatic nitrogens is 1. The van der Waals surface area contributed by atoms with E-state index in [0.717, 1.165) is 11.8 Å². The Labute approximate surface area is 179 Å². The number of nitrogens with zero attached hydrogens (tertiary/aromatic N) is 1. The van der Waals surface area contributed by atoms with Gasteiger partial charge in [0.15, 0.2) is 21.4 Å². The van der Waals surface area contributed by atoms with Crippen molar-refractivity contribution in [2.75, 3.05) is 17.3 Å². The standard InChI is InChI=1S/C21H20ClN3O4S/c1-13(29-19-11-16(22)12-24-20(19)23)14-5-3-7-17(9-14)25-21(26)15-6-4-8-18(10-15)30(2,27)28/h3-13H,1-2H3,(H2,23,24)(H,25,26)/t13-/m1/s1. The zero-order chi connectivity index (χ0) is 21.9. The molecule has 0 bridgehead atoms. The summed E-state index contributed by atoms with van der Waals surface area (Å²) in [7, 11) is -3.41. The summed E-state index contributed by atoms with van der Waals surface area (Å²) in [6.07, 6.45) is 2.14. The predicted molar refractivity (Wildman–Crippen MR) is 117 cm³/mol. The number of anilines is 2. The van der Waals surface area contributed by atoms with Crippen LogP contribution in [0.15, 0.2) is 65.7 Å². The molecule has 0 unspecified atom stereocenters. The van der Waals surface area contributed by atoms with Crippen LogP contribution in [0.2, 0.25) is 5.02 Å². The van der Waals surface area contributed by atoms with Crippen LogP contribution in [0.5, 0.6) is 5.75 Å². The molecule has 0 saturated heterocycles. The third-order valence-electron chi connectivity index (χ3n) is 4.29. The molecular weight excluding hydrogens is 426 g/mol. The van der Waals surface area contributed by atoms with E-state index in [9.17, 15) is 13.2 Å². The number of carbonyl (C=O) groups is 1. The monoisotopic (exact) mass is 445 g/mol. The van der Waals surface area contributed by atoms with Gasteiger partial charge in [0.1, 0.15) is 6.10 Å². The Hall–Kier alpha value is -3.10. The molecule has 0 fully saturated rings. The Balaban J connectivity index is 1.77. The maximum Gasteiger partial charge on any atom is 0.255 e. The highest BCUT2D eigenvalue weighted by Gasteiger charge is 2.14. The Bertz CT molecular complexity index is 1200. The van der Waals surface area contributed by atoms with Crippen LogP contribution in [0.1, 0.15) is 28.9 Å². The average Bonchev–Trinajstić information content (AvgIpc) is 2.70. The second kappa shape index (κ2) is 8.73. The van der Waals surface area contributed by atoms with Crippen molar-refractivity contribution in [2.24, 2.45) is 0 Å². The fraction of sp³-hybridized carbons (Fsp3) is 0.143. The summed E-state index contributed by atoms with van der Waals surface area (Å²) in [5, 5.41) is 3.18. The van der Waals surface area contributed by atoms with E-state index in [1.807, 2.05) is 13.0 Å². The molecule has 30 heavy (non-hydrogen) atoms. The first kappa shape index (κ1) is 21.6. The van der Waals surface area contributed by atoms with E-state index in [1.165, 1.54) is 24.4 Å². The van der Waals surface area contributed by atoms with E-state index in [2.05, 4.69) is 10.3 Å². The van der Waals surface area contributed by atoms with Crippen molar-refractivity contribution in [3.63, 3.8) is 0 Å². The molecule has 0 spiro atoms. The van der Waals surface area contributed by atoms with Crippen molar-refractivity contribution in [3.05, 3.63) is 76.9 Å². The van der Waals surface area contributed by atoms with Gasteiger partial charge >= 0.3 is 0 Å². The molecule has 7 nitrogen and oxygen atoms in total. The molecule has 0 aliphatic rings. The van der Waals surface area contributed by atoms with Gasteiger partial charge in [-0.1, -0.05) is 29.8 Å². The summed E-state index contributed by atoms with van der Waals surface area (Å²) in [5.41, 5.74) is 7.39. The van der Waals surface area contributed by atoms with E-state index in [-0.39, 0.29) is 16.3 Å². The lowest BCUT2D eigenvalue weighted by atomic mass is 10.1. The molecule has 1 atom stereocenters. The summed E-state index contributed by atoms with van der Waals surface area (Å²) in [6.45, 7) is 1.83. The lowest BCUT2D eigenvalue weighted by Gasteiger charge is -2.17. The normalized spacial score (nSPS) is 12.2. The van der Waals surface area contributed by atoms with Crippen LogP contribution in [-0.2, 0) is 9.84 Å². The maximum atomic E-state index is 12.6. The number of sulfone groups is 1. The molecule has 0 aliphatic carbocycles. The number of nitrogen functional groups attached to an aromatic ring is 1. The van der Waals surface area contributed by atoms with Gasteiger partial charge < -0.3 is 15.8 Å². The lowest BCUT2D eigenvalue weighted by Crippen LogP contribution is -2.13. The van der Waals surface area contributed by atoms with E-state index >= 15 is 0 Å². The number of nitrogens with two attached hydrogens (primary N) is 1. The van der Waals surface area contributed by atoms with E-state index in [0.29, 0.717) is 16.5 Å². The summed E-state index contributed by atoms with van der Waals surface area (Å²) in [6, 6.07) is 14.6. The van der Waals surface area contributed by atoms with E-state index in [1.54, 1.807) is 30.3 Å². The zero-order valence-corrected chi connectivity index (χ0v) is 17.9. The zero-order valence-electron chi connectivity index (χ0n) is 16.3. The van der Waals surface area contributed by atoms with Crippen molar-refractivity contribution in [3.8, 4) is 5.75 Å². The number of ether oxygens (including phenoxy) is 1. The van der Waals surface area contributed by atoms with Crippen LogP contribution in [-0.4, -0.2) is 25.6 Å². The van der Waals surface area contributed by atoms with Crippen LogP contribution >= 0.6 is 11.6 Å². The smallest absolute Gasteiger partial charge is 0.255 e. The van der Waals surface area contributed by atoms with Crippen LogP contribution < -0.4 is 15.8 Å². The molecular formula is C21H20ClN3O4S. The van der Waals surface area contributed by atoms with Gasteiger partial charge in [0.25, 0.3) is 5.91 Å². The first-order chi connectivity index (χ1) is 14.1. The minimum atomic E-state index is -3.41. The van der Waals surface area contributed by atoms with Gasteiger partial charge in [-0.3, -0.25) is 4.79 Å². The first-order valence-corrected chi connectivity index (χ1v) is 11.2. The molecule has 0 aliphatic heterocycles. The molecule has 156 valence electrons. The molecule has 1 aromatic heterocycles. The minimum Gasteiger partial charge on any atom is -0.482 e. The number of amides is 1. The molecule has 0 saturated carbocycles. The molecule has 2 aromatic carbocycles. The van der Waals surface area contributed by atoms with Gasteiger partial charge in [0.05, 0.1) is 9.92 Å². The molecule has 1 amide bonds. The van der Waals surface area contributed by atoms with Crippen LogP contribution in [0.25, 0.3) is 0 Å². The number of benzene rings is 2. The van der Waals surface area contributed by atoms with E-state index in [4.69, 9.17) is 22.1 Å². The van der Waals surface area contributed by atoms with Crippen molar-refractivity contribution < 1.29 is 17.9 Å². The fourth-order valence-electron chi connectivity index (χ4n) is 2.72. The number of hydrogen-bond acceptors (Lipinski definition) is 6. The van der Waals surface area contributed by atoms with Gasteiger partial charge in [0, 0.05) is 29.8 Å². The van der Waals surface area contributed by atoms with Crippen molar-refractivity contribution in [2.45, 2.75) is 17.9 Å². The molecule has 3 rings (SSSR count). The van der Waals surface area contributed by atoms with Crippen molar-refractivity contribution in [1.29, 1.82) is 0 Å². The number of rotatable bonds is 6. The number of hydrogen-bond donors (Lipinski definition) is 2. The van der Waals surface area contributed by atoms with Gasteiger partial charge in [0.2, 0.25) is 0 Å². The first-order valence-electron chi connectivity index (χ1n) is 8.92. The topological polar surface area (TPSA) is 111 Å². The second-order valence-electron chi connectivity index (χ2n) is 6.68. The van der Waals surface area contributed by atoms with Gasteiger partial charge in [-0.05, 0) is 42.8 Å². The predicted octanol–water partition coefficient (Wildman–Crippen LogP) is 4.11. The Morgan fingerprint density at radius 3 is 2.63 bits per heavy atom. The highest BCUT2D eigenvalue weighted by atomic mass is 35.5. The Morgan fingerprint density at radius 1 is 1.17 bits per heavy atom. The molecule has 1 heterocycles. The fourth-order valence-corrected chi connectivity index (χ4v) is 3.54. The molecule has 9 heteroatoms.